The predicted octanol–water partition coefficient (Wildman–Crippen LogP) is 1.99. The number of hydrogen-bond donors (Lipinski definition) is 4. The first-order valence-corrected chi connectivity index (χ1v) is 18.2. The number of nitrogens with zero attached hydrogens (tertiary/aromatic N) is 2. The first kappa shape index (κ1) is 42.4. The monoisotopic (exact) mass is 731 g/mol. The van der Waals surface area contributed by atoms with Crippen LogP contribution in [0.1, 0.15) is 33.3 Å². The molecule has 0 spiro atoms. The Morgan fingerprint density at radius 3 is 2.10 bits per heavy atom. The normalized spacial score (nSPS) is 12.8. The average molecular weight is 732 g/mol. The minimum atomic E-state index is -1.46. The number of thioether (sulfide) groups is 3. The first-order valence-electron chi connectivity index (χ1n) is 14.6. The van der Waals surface area contributed by atoms with Crippen molar-refractivity contribution in [2.75, 3.05) is 50.0 Å². The molecular formula is C30H45N5O10S3. The first-order chi connectivity index (χ1) is 22.5. The van der Waals surface area contributed by atoms with Gasteiger partial charge in [0.1, 0.15) is 36.9 Å². The number of benzene rings is 1. The molecule has 1 rings (SSSR count). The Morgan fingerprint density at radius 2 is 1.54 bits per heavy atom. The van der Waals surface area contributed by atoms with Crippen LogP contribution < -0.4 is 16.0 Å². The molecule has 0 saturated carbocycles. The molecule has 0 aliphatic rings. The zero-order valence-electron chi connectivity index (χ0n) is 28.1. The van der Waals surface area contributed by atoms with Crippen molar-refractivity contribution >= 4 is 76.3 Å². The van der Waals surface area contributed by atoms with Gasteiger partial charge in [-0.1, -0.05) is 42.1 Å². The number of hydrogen-bond acceptors (Lipinski definition) is 12. The zero-order valence-corrected chi connectivity index (χ0v) is 30.6. The summed E-state index contributed by atoms with van der Waals surface area (Å²) in [4.78, 5) is 90.1. The SMILES string of the molecule is CSC[C@@H](C(=O)SC[C@@H](NC(=O)OCc1ccccc1)C(=O)O)N(C)C(=O)[C@H](CSCNC(C)=O)N(C)C(=O)CNC(=O)OC(C)(C)C. The Labute approximate surface area is 293 Å². The molecule has 5 amide bonds. The number of aliphatic carboxylic acids is 1. The van der Waals surface area contributed by atoms with Gasteiger partial charge in [0, 0.05) is 38.3 Å². The molecule has 0 heterocycles. The largest absolute Gasteiger partial charge is 0.480 e. The van der Waals surface area contributed by atoms with Crippen molar-refractivity contribution in [1.82, 2.24) is 25.8 Å². The lowest BCUT2D eigenvalue weighted by Crippen LogP contribution is -2.55. The maximum atomic E-state index is 13.8. The van der Waals surface area contributed by atoms with Crippen LogP contribution in [-0.2, 0) is 40.1 Å². The summed E-state index contributed by atoms with van der Waals surface area (Å²) in [7, 11) is 2.78. The van der Waals surface area contributed by atoms with Crippen molar-refractivity contribution in [3.63, 3.8) is 0 Å². The summed E-state index contributed by atoms with van der Waals surface area (Å²) in [5.74, 6) is -2.85. The third kappa shape index (κ3) is 16.5. The van der Waals surface area contributed by atoms with Crippen molar-refractivity contribution in [1.29, 1.82) is 0 Å². The number of carboxylic acids is 1. The number of carboxylic acid groups (broad SMARTS) is 1. The lowest BCUT2D eigenvalue weighted by molar-refractivity contribution is -0.144. The predicted molar refractivity (Wildman–Crippen MR) is 186 cm³/mol. The second kappa shape index (κ2) is 21.4. The number of likely N-dealkylation sites (N-methyl/N-ethyl adjacent to an activating group) is 2. The van der Waals surface area contributed by atoms with Crippen molar-refractivity contribution in [2.45, 2.75) is 58.0 Å². The van der Waals surface area contributed by atoms with Gasteiger partial charge in [-0.15, -0.1) is 11.8 Å². The molecule has 15 nitrogen and oxygen atoms in total. The Morgan fingerprint density at radius 1 is 0.896 bits per heavy atom. The highest BCUT2D eigenvalue weighted by Gasteiger charge is 2.35. The van der Waals surface area contributed by atoms with E-state index in [1.807, 2.05) is 0 Å². The summed E-state index contributed by atoms with van der Waals surface area (Å²) in [5.41, 5.74) is -0.0842. The maximum Gasteiger partial charge on any atom is 0.408 e. The Hall–Kier alpha value is -3.64. The van der Waals surface area contributed by atoms with Gasteiger partial charge >= 0.3 is 18.2 Å². The molecule has 0 fully saturated rings. The van der Waals surface area contributed by atoms with Crippen LogP contribution in [0.4, 0.5) is 9.59 Å². The topological polar surface area (TPSA) is 201 Å². The molecule has 0 aliphatic carbocycles. The van der Waals surface area contributed by atoms with Gasteiger partial charge in [0.15, 0.2) is 0 Å². The van der Waals surface area contributed by atoms with Gasteiger partial charge in [-0.05, 0) is 32.6 Å². The molecular weight excluding hydrogens is 687 g/mol. The third-order valence-corrected chi connectivity index (χ3v) is 8.84. The summed E-state index contributed by atoms with van der Waals surface area (Å²) in [5, 5.41) is 16.3. The molecule has 0 radical (unpaired) electrons. The average Bonchev–Trinajstić information content (AvgIpc) is 3.01. The van der Waals surface area contributed by atoms with Crippen LogP contribution in [0, 0.1) is 0 Å². The molecule has 0 saturated heterocycles. The molecule has 4 N–H and O–H groups in total. The highest BCUT2D eigenvalue weighted by Crippen LogP contribution is 2.19. The van der Waals surface area contributed by atoms with Crippen molar-refractivity contribution in [3.8, 4) is 0 Å². The molecule has 1 aromatic rings. The summed E-state index contributed by atoms with van der Waals surface area (Å²) in [6.45, 7) is 5.80. The number of alkyl carbamates (subject to hydrolysis) is 2. The number of amides is 5. The lowest BCUT2D eigenvalue weighted by Gasteiger charge is -2.34. The van der Waals surface area contributed by atoms with E-state index in [4.69, 9.17) is 9.47 Å². The maximum absolute atomic E-state index is 13.8. The van der Waals surface area contributed by atoms with E-state index in [1.165, 1.54) is 49.4 Å². The fourth-order valence-electron chi connectivity index (χ4n) is 3.66. The molecule has 48 heavy (non-hydrogen) atoms. The molecule has 3 atom stereocenters. The highest BCUT2D eigenvalue weighted by molar-refractivity contribution is 8.13. The molecule has 0 unspecified atom stereocenters. The van der Waals surface area contributed by atoms with Gasteiger partial charge in [0.2, 0.25) is 22.8 Å². The minimum Gasteiger partial charge on any atom is -0.480 e. The highest BCUT2D eigenvalue weighted by atomic mass is 32.2. The van der Waals surface area contributed by atoms with Crippen LogP contribution >= 0.6 is 35.3 Å². The Balaban J connectivity index is 3.00. The second-order valence-electron chi connectivity index (χ2n) is 11.3. The molecule has 0 bridgehead atoms. The van der Waals surface area contributed by atoms with E-state index in [2.05, 4.69) is 16.0 Å². The van der Waals surface area contributed by atoms with Gasteiger partial charge < -0.3 is 40.3 Å². The van der Waals surface area contributed by atoms with Crippen LogP contribution in [0.15, 0.2) is 30.3 Å². The van der Waals surface area contributed by atoms with E-state index in [0.29, 0.717) is 17.3 Å². The smallest absolute Gasteiger partial charge is 0.408 e. The van der Waals surface area contributed by atoms with E-state index in [1.54, 1.807) is 57.4 Å². The van der Waals surface area contributed by atoms with Crippen LogP contribution in [-0.4, -0.2) is 130 Å². The quantitative estimate of drug-likeness (QED) is 0.126. The van der Waals surface area contributed by atoms with Crippen LogP contribution in [0.25, 0.3) is 0 Å². The number of rotatable bonds is 18. The van der Waals surface area contributed by atoms with Gasteiger partial charge in [0.25, 0.3) is 0 Å². The molecule has 268 valence electrons. The van der Waals surface area contributed by atoms with Crippen LogP contribution in [0.3, 0.4) is 0 Å². The van der Waals surface area contributed by atoms with Crippen molar-refractivity contribution < 1.29 is 48.1 Å². The van der Waals surface area contributed by atoms with E-state index in [0.717, 1.165) is 4.90 Å². The van der Waals surface area contributed by atoms with Crippen molar-refractivity contribution in [3.05, 3.63) is 35.9 Å². The fourth-order valence-corrected chi connectivity index (χ4v) is 6.46. The van der Waals surface area contributed by atoms with Crippen molar-refractivity contribution in [2.24, 2.45) is 0 Å². The van der Waals surface area contributed by atoms with E-state index in [9.17, 15) is 38.7 Å². The van der Waals surface area contributed by atoms with Gasteiger partial charge in [-0.3, -0.25) is 19.2 Å². The van der Waals surface area contributed by atoms with Gasteiger partial charge in [0.05, 0.1) is 5.88 Å². The summed E-state index contributed by atoms with van der Waals surface area (Å²) >= 11 is 3.09. The Bertz CT molecular complexity index is 1270. The van der Waals surface area contributed by atoms with E-state index >= 15 is 0 Å². The van der Waals surface area contributed by atoms with Crippen LogP contribution in [0.2, 0.25) is 0 Å². The minimum absolute atomic E-state index is 0.0432. The zero-order chi connectivity index (χ0) is 36.4. The van der Waals surface area contributed by atoms with E-state index < -0.39 is 65.4 Å². The van der Waals surface area contributed by atoms with Gasteiger partial charge in [-0.25, -0.2) is 14.4 Å². The van der Waals surface area contributed by atoms with E-state index in [-0.39, 0.29) is 35.6 Å². The summed E-state index contributed by atoms with van der Waals surface area (Å²) < 4.78 is 10.3. The number of ether oxygens (including phenoxy) is 2. The third-order valence-electron chi connectivity index (χ3n) is 6.23. The summed E-state index contributed by atoms with van der Waals surface area (Å²) in [6.07, 6.45) is -0.0573. The van der Waals surface area contributed by atoms with Gasteiger partial charge in [-0.2, -0.15) is 11.8 Å². The number of carbonyl (C=O) groups is 7. The Kier molecular flexibility index (Phi) is 18.9. The number of nitrogens with one attached hydrogen (secondary N) is 3. The second-order valence-corrected chi connectivity index (χ2v) is 14.2. The standard InChI is InChI=1S/C30H45N5O10S3/c1-19(36)32-18-47-17-22(34(5)24(37)13-31-28(42)45-30(2,3)4)25(38)35(6)23(16-46-7)27(41)48-15-21(26(39)40)33-29(43)44-14-20-11-9-8-10-12-20/h8-12,21-23H,13-18H2,1-7H3,(H,31,42)(H,32,36)(H,33,43)(H,39,40)/t21-,22+,23+/m1/s1. The fraction of sp³-hybridized carbons (Fsp3) is 0.567. The molecule has 0 aromatic heterocycles. The lowest BCUT2D eigenvalue weighted by atomic mass is 10.2. The summed E-state index contributed by atoms with van der Waals surface area (Å²) in [6, 6.07) is 5.21. The molecule has 0 aliphatic heterocycles. The van der Waals surface area contributed by atoms with Crippen LogP contribution in [0.5, 0.6) is 0 Å². The molecule has 18 heteroatoms. The molecule has 1 aromatic carbocycles. The number of carbonyl (C=O) groups excluding carboxylic acids is 6.